The van der Waals surface area contributed by atoms with Crippen molar-refractivity contribution >= 4 is 11.5 Å². The number of hydrogen-bond acceptors (Lipinski definition) is 4. The zero-order chi connectivity index (χ0) is 15.4. The third-order valence-corrected chi connectivity index (χ3v) is 3.12. The summed E-state index contributed by atoms with van der Waals surface area (Å²) in [5, 5.41) is 11.1. The van der Waals surface area contributed by atoms with Crippen LogP contribution in [-0.2, 0) is 6.61 Å². The summed E-state index contributed by atoms with van der Waals surface area (Å²) in [5.74, 6) is -0.0310. The number of nitro benzene ring substituents is 1. The lowest BCUT2D eigenvalue weighted by molar-refractivity contribution is -0.386. The molecule has 0 aromatic heterocycles. The smallest absolute Gasteiger partial charge is 0.311 e. The van der Waals surface area contributed by atoms with Gasteiger partial charge in [-0.2, -0.15) is 0 Å². The molecular weight excluding hydrogens is 270 g/mol. The Morgan fingerprint density at radius 2 is 1.90 bits per heavy atom. The van der Waals surface area contributed by atoms with Crippen LogP contribution in [0.5, 0.6) is 5.75 Å². The van der Waals surface area contributed by atoms with Crippen LogP contribution < -0.4 is 4.74 Å². The van der Waals surface area contributed by atoms with Crippen molar-refractivity contribution in [3.63, 3.8) is 0 Å². The van der Waals surface area contributed by atoms with Gasteiger partial charge >= 0.3 is 5.69 Å². The second-order valence-electron chi connectivity index (χ2n) is 4.72. The number of hydrogen-bond donors (Lipinski definition) is 0. The third-order valence-electron chi connectivity index (χ3n) is 3.12. The minimum Gasteiger partial charge on any atom is -0.482 e. The van der Waals surface area contributed by atoms with Crippen LogP contribution in [0.1, 0.15) is 28.4 Å². The maximum Gasteiger partial charge on any atom is 0.311 e. The van der Waals surface area contributed by atoms with Gasteiger partial charge in [0.25, 0.3) is 0 Å². The summed E-state index contributed by atoms with van der Waals surface area (Å²) in [6.45, 7) is 3.35. The molecule has 21 heavy (non-hydrogen) atoms. The molecule has 0 saturated carbocycles. The molecule has 2 aromatic carbocycles. The van der Waals surface area contributed by atoms with Gasteiger partial charge in [0, 0.05) is 11.6 Å². The maximum atomic E-state index is 11.5. The third kappa shape index (κ3) is 3.45. The van der Waals surface area contributed by atoms with Crippen LogP contribution in [0.15, 0.2) is 42.5 Å². The second-order valence-corrected chi connectivity index (χ2v) is 4.72. The van der Waals surface area contributed by atoms with E-state index in [9.17, 15) is 14.9 Å². The van der Waals surface area contributed by atoms with Crippen LogP contribution in [0, 0.1) is 17.0 Å². The molecule has 0 aliphatic carbocycles. The minimum absolute atomic E-state index is 0.173. The first-order valence-corrected chi connectivity index (χ1v) is 6.45. The fraction of sp³-hybridized carbons (Fsp3) is 0.188. The SMILES string of the molecule is CC(=O)c1cc([N+](=O)[O-])c(OCc2ccccc2)cc1C. The standard InChI is InChI=1S/C16H15NO4/c1-11-8-16(21-10-13-6-4-3-5-7-13)15(17(19)20)9-14(11)12(2)18/h3-9H,10H2,1-2H3. The summed E-state index contributed by atoms with van der Waals surface area (Å²) in [7, 11) is 0. The van der Waals surface area contributed by atoms with Crippen molar-refractivity contribution in [1.29, 1.82) is 0 Å². The molecule has 5 nitrogen and oxygen atoms in total. The van der Waals surface area contributed by atoms with E-state index in [1.165, 1.54) is 19.1 Å². The molecule has 0 unspecified atom stereocenters. The van der Waals surface area contributed by atoms with Crippen molar-refractivity contribution in [1.82, 2.24) is 0 Å². The van der Waals surface area contributed by atoms with Gasteiger partial charge < -0.3 is 4.74 Å². The van der Waals surface area contributed by atoms with Gasteiger partial charge in [-0.05, 0) is 31.0 Å². The quantitative estimate of drug-likeness (QED) is 0.477. The number of rotatable bonds is 5. The van der Waals surface area contributed by atoms with Crippen LogP contribution in [0.25, 0.3) is 0 Å². The molecule has 0 heterocycles. The molecule has 0 aliphatic rings. The number of nitrogens with zero attached hydrogens (tertiary/aromatic N) is 1. The largest absolute Gasteiger partial charge is 0.482 e. The van der Waals surface area contributed by atoms with Gasteiger partial charge in [-0.15, -0.1) is 0 Å². The molecule has 108 valence electrons. The highest BCUT2D eigenvalue weighted by Crippen LogP contribution is 2.31. The number of ketones is 1. The van der Waals surface area contributed by atoms with Gasteiger partial charge in [0.05, 0.1) is 4.92 Å². The Bertz CT molecular complexity index is 680. The number of carbonyl (C=O) groups excluding carboxylic acids is 1. The normalized spacial score (nSPS) is 10.2. The molecule has 0 saturated heterocycles. The van der Waals surface area contributed by atoms with Crippen molar-refractivity contribution in [2.45, 2.75) is 20.5 Å². The van der Waals surface area contributed by atoms with Gasteiger partial charge in [-0.3, -0.25) is 14.9 Å². The average molecular weight is 285 g/mol. The number of ether oxygens (including phenoxy) is 1. The molecule has 0 amide bonds. The van der Waals surface area contributed by atoms with E-state index in [0.29, 0.717) is 11.1 Å². The van der Waals surface area contributed by atoms with Gasteiger partial charge in [0.15, 0.2) is 11.5 Å². The summed E-state index contributed by atoms with van der Waals surface area (Å²) in [6, 6.07) is 12.2. The lowest BCUT2D eigenvalue weighted by Crippen LogP contribution is -2.03. The Labute approximate surface area is 122 Å². The van der Waals surface area contributed by atoms with E-state index >= 15 is 0 Å². The first-order valence-electron chi connectivity index (χ1n) is 6.45. The monoisotopic (exact) mass is 285 g/mol. The van der Waals surface area contributed by atoms with Gasteiger partial charge in [-0.25, -0.2) is 0 Å². The molecule has 0 aliphatic heterocycles. The predicted molar refractivity (Wildman–Crippen MR) is 78.6 cm³/mol. The maximum absolute atomic E-state index is 11.5. The Hall–Kier alpha value is -2.69. The molecule has 0 fully saturated rings. The molecular formula is C16H15NO4. The van der Waals surface area contributed by atoms with Crippen molar-refractivity contribution in [2.75, 3.05) is 0 Å². The molecule has 5 heteroatoms. The predicted octanol–water partition coefficient (Wildman–Crippen LogP) is 3.68. The highest BCUT2D eigenvalue weighted by atomic mass is 16.6. The first-order chi connectivity index (χ1) is 9.99. The summed E-state index contributed by atoms with van der Waals surface area (Å²) < 4.78 is 5.55. The van der Waals surface area contributed by atoms with E-state index in [4.69, 9.17) is 4.74 Å². The number of carbonyl (C=O) groups is 1. The number of benzene rings is 2. The molecule has 0 radical (unpaired) electrons. The Morgan fingerprint density at radius 1 is 1.24 bits per heavy atom. The summed E-state index contributed by atoms with van der Waals surface area (Å²) in [5.41, 5.74) is 1.73. The van der Waals surface area contributed by atoms with E-state index < -0.39 is 4.92 Å². The lowest BCUT2D eigenvalue weighted by atomic mass is 10.0. The molecule has 2 rings (SSSR count). The first kappa shape index (κ1) is 14.7. The van der Waals surface area contributed by atoms with Crippen molar-refractivity contribution in [3.8, 4) is 5.75 Å². The topological polar surface area (TPSA) is 69.4 Å². The van der Waals surface area contributed by atoms with E-state index in [-0.39, 0.29) is 23.8 Å². The van der Waals surface area contributed by atoms with Gasteiger partial charge in [0.2, 0.25) is 0 Å². The van der Waals surface area contributed by atoms with E-state index in [0.717, 1.165) is 5.56 Å². The number of nitro groups is 1. The van der Waals surface area contributed by atoms with Crippen LogP contribution in [0.3, 0.4) is 0 Å². The fourth-order valence-corrected chi connectivity index (χ4v) is 2.04. The fourth-order valence-electron chi connectivity index (χ4n) is 2.04. The molecule has 0 bridgehead atoms. The Morgan fingerprint density at radius 3 is 2.48 bits per heavy atom. The van der Waals surface area contributed by atoms with Gasteiger partial charge in [0.1, 0.15) is 6.61 Å². The number of aryl methyl sites for hydroxylation is 1. The minimum atomic E-state index is -0.536. The molecule has 0 N–H and O–H groups in total. The van der Waals surface area contributed by atoms with Crippen LogP contribution in [0.4, 0.5) is 5.69 Å². The van der Waals surface area contributed by atoms with Crippen molar-refractivity contribution in [3.05, 3.63) is 69.3 Å². The van der Waals surface area contributed by atoms with Gasteiger partial charge in [-0.1, -0.05) is 30.3 Å². The van der Waals surface area contributed by atoms with E-state index in [2.05, 4.69) is 0 Å². The summed E-state index contributed by atoms with van der Waals surface area (Å²) >= 11 is 0. The zero-order valence-electron chi connectivity index (χ0n) is 11.8. The molecule has 0 atom stereocenters. The molecule has 0 spiro atoms. The second kappa shape index (κ2) is 6.17. The van der Waals surface area contributed by atoms with Crippen LogP contribution >= 0.6 is 0 Å². The van der Waals surface area contributed by atoms with Crippen LogP contribution in [0.2, 0.25) is 0 Å². The number of Topliss-reactive ketones (excluding diaryl/α,β-unsaturated/α-hetero) is 1. The Kier molecular flexibility index (Phi) is 4.33. The van der Waals surface area contributed by atoms with Crippen LogP contribution in [-0.4, -0.2) is 10.7 Å². The zero-order valence-corrected chi connectivity index (χ0v) is 11.8. The average Bonchev–Trinajstić information content (AvgIpc) is 2.45. The van der Waals surface area contributed by atoms with Crippen molar-refractivity contribution < 1.29 is 14.5 Å². The van der Waals surface area contributed by atoms with E-state index in [1.807, 2.05) is 30.3 Å². The summed E-state index contributed by atoms with van der Waals surface area (Å²) in [6.07, 6.45) is 0. The Balaban J connectivity index is 2.32. The molecule has 2 aromatic rings. The highest BCUT2D eigenvalue weighted by Gasteiger charge is 2.19. The summed E-state index contributed by atoms with van der Waals surface area (Å²) in [4.78, 5) is 22.1. The highest BCUT2D eigenvalue weighted by molar-refractivity contribution is 5.96. The lowest BCUT2D eigenvalue weighted by Gasteiger charge is -2.10. The van der Waals surface area contributed by atoms with E-state index in [1.54, 1.807) is 6.92 Å². The van der Waals surface area contributed by atoms with Crippen molar-refractivity contribution in [2.24, 2.45) is 0 Å².